The maximum absolute atomic E-state index is 13.8. The Balaban J connectivity index is 1.98. The van der Waals surface area contributed by atoms with Gasteiger partial charge >= 0.3 is 5.97 Å². The highest BCUT2D eigenvalue weighted by Gasteiger charge is 2.35. The lowest BCUT2D eigenvalue weighted by molar-refractivity contribution is -0.139. The number of esters is 1. The molecule has 0 spiro atoms. The van der Waals surface area contributed by atoms with Crippen molar-refractivity contribution in [2.45, 2.75) is 26.8 Å². The summed E-state index contributed by atoms with van der Waals surface area (Å²) in [6.07, 6.45) is 1.73. The van der Waals surface area contributed by atoms with Crippen molar-refractivity contribution in [2.75, 3.05) is 20.3 Å². The van der Waals surface area contributed by atoms with Gasteiger partial charge in [-0.05, 0) is 73.2 Å². The standard InChI is InChI=1S/C26H25IN2O6S/c1-5-34-18-10-8-7-9-16(18)22-21(25(32)35-6-2)14(3)28-26-29(22)24(31)20(36-26)13-15-11-17(27)23(30)19(12-15)33-4/h7-13,22,30H,5-6H2,1-4H3/b20-13-/t22-/m1/s1. The van der Waals surface area contributed by atoms with Crippen molar-refractivity contribution >= 4 is 46.0 Å². The first-order valence-electron chi connectivity index (χ1n) is 11.3. The number of rotatable bonds is 7. The number of aromatic nitrogens is 1. The highest BCUT2D eigenvalue weighted by atomic mass is 127. The molecule has 0 amide bonds. The van der Waals surface area contributed by atoms with Crippen molar-refractivity contribution in [3.8, 4) is 17.2 Å². The molecule has 1 aromatic heterocycles. The maximum atomic E-state index is 13.8. The van der Waals surface area contributed by atoms with Crippen molar-refractivity contribution in [2.24, 2.45) is 4.99 Å². The summed E-state index contributed by atoms with van der Waals surface area (Å²) in [4.78, 5) is 31.9. The van der Waals surface area contributed by atoms with Gasteiger partial charge < -0.3 is 19.3 Å². The van der Waals surface area contributed by atoms with E-state index >= 15 is 0 Å². The Hall–Kier alpha value is -3.12. The van der Waals surface area contributed by atoms with E-state index in [1.807, 2.05) is 53.8 Å². The van der Waals surface area contributed by atoms with Crippen LogP contribution in [0.1, 0.15) is 37.9 Å². The molecule has 4 rings (SSSR count). The lowest BCUT2D eigenvalue weighted by atomic mass is 9.95. The Kier molecular flexibility index (Phi) is 7.84. The van der Waals surface area contributed by atoms with E-state index in [1.54, 1.807) is 32.1 Å². The molecular weight excluding hydrogens is 595 g/mol. The monoisotopic (exact) mass is 620 g/mol. The van der Waals surface area contributed by atoms with Gasteiger partial charge in [0.15, 0.2) is 16.3 Å². The first kappa shape index (κ1) is 26.0. The second kappa shape index (κ2) is 10.9. The molecule has 0 unspecified atom stereocenters. The largest absolute Gasteiger partial charge is 0.504 e. The Morgan fingerprint density at radius 2 is 1.97 bits per heavy atom. The van der Waals surface area contributed by atoms with Crippen LogP contribution in [0.15, 0.2) is 57.5 Å². The molecule has 2 heterocycles. The van der Waals surface area contributed by atoms with Crippen LogP contribution < -0.4 is 24.4 Å². The number of para-hydroxylation sites is 1. The molecule has 0 radical (unpaired) electrons. The smallest absolute Gasteiger partial charge is 0.338 e. The topological polar surface area (TPSA) is 99.4 Å². The van der Waals surface area contributed by atoms with Crippen LogP contribution in [0, 0.1) is 3.57 Å². The second-order valence-electron chi connectivity index (χ2n) is 7.83. The fourth-order valence-electron chi connectivity index (χ4n) is 4.06. The van der Waals surface area contributed by atoms with Gasteiger partial charge in [0.1, 0.15) is 11.8 Å². The molecule has 1 aliphatic heterocycles. The molecule has 0 bridgehead atoms. The van der Waals surface area contributed by atoms with Crippen LogP contribution in [0.5, 0.6) is 17.2 Å². The van der Waals surface area contributed by atoms with E-state index in [0.717, 1.165) is 0 Å². The van der Waals surface area contributed by atoms with Gasteiger partial charge in [-0.15, -0.1) is 0 Å². The summed E-state index contributed by atoms with van der Waals surface area (Å²) in [5.74, 6) is 0.403. The van der Waals surface area contributed by atoms with Crippen molar-refractivity contribution in [3.63, 3.8) is 0 Å². The molecule has 188 valence electrons. The Bertz CT molecular complexity index is 1540. The fourth-order valence-corrected chi connectivity index (χ4v) is 5.74. The van der Waals surface area contributed by atoms with Gasteiger partial charge in [0, 0.05) is 5.56 Å². The first-order chi connectivity index (χ1) is 17.3. The first-order valence-corrected chi connectivity index (χ1v) is 13.2. The third-order valence-electron chi connectivity index (χ3n) is 5.60. The third kappa shape index (κ3) is 4.79. The highest BCUT2D eigenvalue weighted by molar-refractivity contribution is 14.1. The van der Waals surface area contributed by atoms with Gasteiger partial charge in [0.05, 0.1) is 39.7 Å². The average Bonchev–Trinajstić information content (AvgIpc) is 3.15. The van der Waals surface area contributed by atoms with Gasteiger partial charge in [-0.2, -0.15) is 0 Å². The number of methoxy groups -OCH3 is 1. The summed E-state index contributed by atoms with van der Waals surface area (Å²) in [5.41, 5.74) is 1.84. The van der Waals surface area contributed by atoms with Gasteiger partial charge in [-0.1, -0.05) is 29.5 Å². The average molecular weight is 620 g/mol. The number of carbonyl (C=O) groups is 1. The molecule has 2 aromatic carbocycles. The van der Waals surface area contributed by atoms with E-state index in [-0.39, 0.29) is 17.9 Å². The summed E-state index contributed by atoms with van der Waals surface area (Å²) in [6.45, 7) is 5.98. The minimum atomic E-state index is -0.764. The zero-order valence-corrected chi connectivity index (χ0v) is 23.2. The Morgan fingerprint density at radius 1 is 1.22 bits per heavy atom. The number of aromatic hydroxyl groups is 1. The molecule has 0 fully saturated rings. The number of benzene rings is 2. The van der Waals surface area contributed by atoms with Crippen molar-refractivity contribution in [3.05, 3.63) is 82.1 Å². The van der Waals surface area contributed by atoms with Gasteiger partial charge in [-0.3, -0.25) is 9.36 Å². The number of carbonyl (C=O) groups excluding carboxylic acids is 1. The predicted molar refractivity (Wildman–Crippen MR) is 145 cm³/mol. The number of nitrogens with zero attached hydrogens (tertiary/aromatic N) is 2. The van der Waals surface area contributed by atoms with Crippen molar-refractivity contribution in [1.29, 1.82) is 0 Å². The van der Waals surface area contributed by atoms with Crippen LogP contribution >= 0.6 is 33.9 Å². The summed E-state index contributed by atoms with van der Waals surface area (Å²) >= 11 is 3.23. The summed E-state index contributed by atoms with van der Waals surface area (Å²) in [7, 11) is 1.47. The molecule has 36 heavy (non-hydrogen) atoms. The van der Waals surface area contributed by atoms with E-state index in [2.05, 4.69) is 4.99 Å². The number of hydrogen-bond acceptors (Lipinski definition) is 8. The number of halogens is 1. The zero-order valence-electron chi connectivity index (χ0n) is 20.2. The van der Waals surface area contributed by atoms with E-state index in [0.29, 0.717) is 53.4 Å². The minimum Gasteiger partial charge on any atom is -0.504 e. The zero-order chi connectivity index (χ0) is 26.0. The number of allylic oxidation sites excluding steroid dienone is 1. The van der Waals surface area contributed by atoms with Crippen LogP contribution in [0.2, 0.25) is 0 Å². The normalized spacial score (nSPS) is 15.4. The number of phenols is 1. The van der Waals surface area contributed by atoms with Crippen LogP contribution in [0.4, 0.5) is 0 Å². The number of phenolic OH excluding ortho intramolecular Hbond substituents is 1. The third-order valence-corrected chi connectivity index (χ3v) is 7.40. The summed E-state index contributed by atoms with van der Waals surface area (Å²) < 4.78 is 19.0. The number of thiazole rings is 1. The lowest BCUT2D eigenvalue weighted by Crippen LogP contribution is -2.40. The molecule has 8 nitrogen and oxygen atoms in total. The Morgan fingerprint density at radius 3 is 2.67 bits per heavy atom. The number of hydrogen-bond donors (Lipinski definition) is 1. The summed E-state index contributed by atoms with van der Waals surface area (Å²) in [6, 6.07) is 10.0. The predicted octanol–water partition coefficient (Wildman–Crippen LogP) is 3.52. The molecule has 10 heteroatoms. The van der Waals surface area contributed by atoms with Crippen LogP contribution in [-0.2, 0) is 9.53 Å². The van der Waals surface area contributed by atoms with Crippen molar-refractivity contribution in [1.82, 2.24) is 4.57 Å². The van der Waals surface area contributed by atoms with Crippen molar-refractivity contribution < 1.29 is 24.1 Å². The SMILES string of the molecule is CCOC(=O)C1=C(C)N=c2s/c(=C\c3cc(I)c(O)c(OC)c3)c(=O)n2[C@@H]1c1ccccc1OCC. The number of fused-ring (bicyclic) bond motifs is 1. The lowest BCUT2D eigenvalue weighted by Gasteiger charge is -2.26. The van der Waals surface area contributed by atoms with E-state index in [9.17, 15) is 14.7 Å². The Labute approximate surface area is 225 Å². The van der Waals surface area contributed by atoms with E-state index < -0.39 is 12.0 Å². The maximum Gasteiger partial charge on any atom is 0.338 e. The molecule has 1 atom stereocenters. The van der Waals surface area contributed by atoms with Gasteiger partial charge in [-0.25, -0.2) is 9.79 Å². The van der Waals surface area contributed by atoms with E-state index in [4.69, 9.17) is 14.2 Å². The molecule has 0 saturated carbocycles. The van der Waals surface area contributed by atoms with Crippen LogP contribution in [-0.4, -0.2) is 36.0 Å². The molecular formula is C26H25IN2O6S. The minimum absolute atomic E-state index is 0.0407. The summed E-state index contributed by atoms with van der Waals surface area (Å²) in [5, 5.41) is 10.2. The molecule has 1 N–H and O–H groups in total. The molecule has 0 aliphatic carbocycles. The highest BCUT2D eigenvalue weighted by Crippen LogP contribution is 2.36. The van der Waals surface area contributed by atoms with Crippen LogP contribution in [0.25, 0.3) is 6.08 Å². The second-order valence-corrected chi connectivity index (χ2v) is 10.00. The molecule has 3 aromatic rings. The van der Waals surface area contributed by atoms with E-state index in [1.165, 1.54) is 23.0 Å². The van der Waals surface area contributed by atoms with Gasteiger partial charge in [0.25, 0.3) is 5.56 Å². The fraction of sp³-hybridized carbons (Fsp3) is 0.269. The quantitative estimate of drug-likeness (QED) is 0.321. The molecule has 0 saturated heterocycles. The van der Waals surface area contributed by atoms with Crippen LogP contribution in [0.3, 0.4) is 0 Å². The number of ether oxygens (including phenoxy) is 3. The van der Waals surface area contributed by atoms with Gasteiger partial charge in [0.2, 0.25) is 0 Å². The molecule has 1 aliphatic rings.